The molecule has 1 heterocycles. The van der Waals surface area contributed by atoms with Gasteiger partial charge in [-0.05, 0) is 33.0 Å². The first-order valence-corrected chi connectivity index (χ1v) is 10.6. The van der Waals surface area contributed by atoms with Crippen molar-refractivity contribution in [2.45, 2.75) is 44.1 Å². The Morgan fingerprint density at radius 2 is 1.72 bits per heavy atom. The number of nitro benzene ring substituents is 1. The van der Waals surface area contributed by atoms with Crippen molar-refractivity contribution in [3.05, 3.63) is 34.4 Å². The van der Waals surface area contributed by atoms with Crippen molar-refractivity contribution in [3.63, 3.8) is 0 Å². The number of hydrogen-bond acceptors (Lipinski definition) is 5. The van der Waals surface area contributed by atoms with Crippen LogP contribution in [0.25, 0.3) is 0 Å². The molecule has 1 aliphatic carbocycles. The summed E-state index contributed by atoms with van der Waals surface area (Å²) in [6.45, 7) is 2.98. The Hall–Kier alpha value is -2.35. The Bertz CT molecular complexity index is 708. The third kappa shape index (κ3) is 4.98. The number of piperazine rings is 1. The fourth-order valence-electron chi connectivity index (χ4n) is 4.56. The molecular weight excluding hydrogens is 370 g/mol. The lowest BCUT2D eigenvalue weighted by molar-refractivity contribution is -0.384. The number of nitro groups is 1. The van der Waals surface area contributed by atoms with E-state index in [-0.39, 0.29) is 22.2 Å². The van der Waals surface area contributed by atoms with E-state index >= 15 is 0 Å². The van der Waals surface area contributed by atoms with E-state index in [1.807, 2.05) is 15.9 Å². The van der Waals surface area contributed by atoms with Gasteiger partial charge in [0.05, 0.1) is 4.92 Å². The zero-order valence-corrected chi connectivity index (χ0v) is 17.6. The number of carbonyl (C=O) groups excluding carboxylic acids is 1. The van der Waals surface area contributed by atoms with E-state index in [4.69, 9.17) is 0 Å². The van der Waals surface area contributed by atoms with Crippen LogP contribution < -0.4 is 10.2 Å². The Balaban J connectivity index is 1.56. The molecule has 0 radical (unpaired) electrons. The van der Waals surface area contributed by atoms with Crippen LogP contribution in [0.4, 0.5) is 16.2 Å². The summed E-state index contributed by atoms with van der Waals surface area (Å²) in [5.41, 5.74) is 0.785. The van der Waals surface area contributed by atoms with Crippen LogP contribution in [0.2, 0.25) is 0 Å². The highest BCUT2D eigenvalue weighted by Crippen LogP contribution is 2.31. The first-order chi connectivity index (χ1) is 13.9. The monoisotopic (exact) mass is 403 g/mol. The minimum absolute atomic E-state index is 0.0299. The highest BCUT2D eigenvalue weighted by atomic mass is 16.6. The molecule has 8 nitrogen and oxygen atoms in total. The fraction of sp³-hybridized carbons (Fsp3) is 0.667. The molecule has 1 N–H and O–H groups in total. The molecule has 0 aromatic heterocycles. The highest BCUT2D eigenvalue weighted by molar-refractivity contribution is 5.75. The Morgan fingerprint density at radius 1 is 1.10 bits per heavy atom. The van der Waals surface area contributed by atoms with Gasteiger partial charge < -0.3 is 20.0 Å². The molecule has 1 aliphatic heterocycles. The Labute approximate surface area is 173 Å². The largest absolute Gasteiger partial charge is 0.362 e. The lowest BCUT2D eigenvalue weighted by atomic mass is 9.89. The van der Waals surface area contributed by atoms with Crippen molar-refractivity contribution in [1.29, 1.82) is 0 Å². The van der Waals surface area contributed by atoms with E-state index in [0.717, 1.165) is 12.8 Å². The van der Waals surface area contributed by atoms with Crippen LogP contribution >= 0.6 is 0 Å². The number of amides is 2. The normalized spacial score (nSPS) is 19.7. The SMILES string of the molecule is CN(C)C1(CNC(=O)N2CCN(c3ccccc3[N+](=O)[O-])CC2)CCCCCC1. The van der Waals surface area contributed by atoms with E-state index in [1.165, 1.54) is 31.7 Å². The fourth-order valence-corrected chi connectivity index (χ4v) is 4.56. The van der Waals surface area contributed by atoms with Crippen LogP contribution in [0.5, 0.6) is 0 Å². The minimum Gasteiger partial charge on any atom is -0.362 e. The number of anilines is 1. The maximum absolute atomic E-state index is 12.8. The van der Waals surface area contributed by atoms with Gasteiger partial charge in [0.15, 0.2) is 0 Å². The second-order valence-electron chi connectivity index (χ2n) is 8.41. The van der Waals surface area contributed by atoms with Gasteiger partial charge in [-0.3, -0.25) is 10.1 Å². The summed E-state index contributed by atoms with van der Waals surface area (Å²) >= 11 is 0. The van der Waals surface area contributed by atoms with E-state index < -0.39 is 0 Å². The van der Waals surface area contributed by atoms with Crippen molar-refractivity contribution >= 4 is 17.4 Å². The van der Waals surface area contributed by atoms with Crippen LogP contribution in [0.1, 0.15) is 38.5 Å². The number of rotatable bonds is 5. The molecule has 1 saturated heterocycles. The van der Waals surface area contributed by atoms with Crippen molar-refractivity contribution < 1.29 is 9.72 Å². The molecule has 1 aromatic carbocycles. The van der Waals surface area contributed by atoms with E-state index in [9.17, 15) is 14.9 Å². The molecule has 1 saturated carbocycles. The predicted molar refractivity (Wildman–Crippen MR) is 114 cm³/mol. The zero-order valence-electron chi connectivity index (χ0n) is 17.6. The molecule has 29 heavy (non-hydrogen) atoms. The van der Waals surface area contributed by atoms with Gasteiger partial charge in [-0.15, -0.1) is 0 Å². The average molecular weight is 404 g/mol. The van der Waals surface area contributed by atoms with Crippen molar-refractivity contribution in [1.82, 2.24) is 15.1 Å². The zero-order chi connectivity index (χ0) is 20.9. The third-order valence-corrected chi connectivity index (χ3v) is 6.54. The van der Waals surface area contributed by atoms with Gasteiger partial charge in [0.1, 0.15) is 5.69 Å². The molecular formula is C21H33N5O3. The van der Waals surface area contributed by atoms with Gasteiger partial charge >= 0.3 is 6.03 Å². The van der Waals surface area contributed by atoms with Gasteiger partial charge in [-0.25, -0.2) is 4.79 Å². The van der Waals surface area contributed by atoms with E-state index in [1.54, 1.807) is 12.1 Å². The average Bonchev–Trinajstić information content (AvgIpc) is 2.99. The lowest BCUT2D eigenvalue weighted by Gasteiger charge is -2.41. The van der Waals surface area contributed by atoms with E-state index in [0.29, 0.717) is 38.4 Å². The molecule has 0 unspecified atom stereocenters. The predicted octanol–water partition coefficient (Wildman–Crippen LogP) is 3.08. The molecule has 0 bridgehead atoms. The van der Waals surface area contributed by atoms with Crippen LogP contribution in [0, 0.1) is 10.1 Å². The minimum atomic E-state index is -0.345. The number of benzene rings is 1. The number of nitrogens with zero attached hydrogens (tertiary/aromatic N) is 4. The van der Waals surface area contributed by atoms with Gasteiger partial charge in [-0.2, -0.15) is 0 Å². The number of urea groups is 1. The first-order valence-electron chi connectivity index (χ1n) is 10.6. The molecule has 2 amide bonds. The molecule has 160 valence electrons. The van der Waals surface area contributed by atoms with Gasteiger partial charge in [0.25, 0.3) is 5.69 Å². The standard InChI is InChI=1S/C21H33N5O3/c1-23(2)21(11-7-3-4-8-12-21)17-22-20(27)25-15-13-24(14-16-25)18-9-5-6-10-19(18)26(28)29/h5-6,9-10H,3-4,7-8,11-17H2,1-2H3,(H,22,27). The summed E-state index contributed by atoms with van der Waals surface area (Å²) in [6, 6.07) is 6.77. The van der Waals surface area contributed by atoms with Crippen LogP contribution in [0.3, 0.4) is 0 Å². The lowest BCUT2D eigenvalue weighted by Crippen LogP contribution is -2.57. The smallest absolute Gasteiger partial charge is 0.317 e. The summed E-state index contributed by atoms with van der Waals surface area (Å²) in [5.74, 6) is 0. The van der Waals surface area contributed by atoms with Gasteiger partial charge in [0, 0.05) is 44.3 Å². The quantitative estimate of drug-likeness (QED) is 0.464. The second-order valence-corrected chi connectivity index (χ2v) is 8.41. The summed E-state index contributed by atoms with van der Waals surface area (Å²) in [7, 11) is 4.23. The second kappa shape index (κ2) is 9.43. The van der Waals surface area contributed by atoms with Crippen LogP contribution in [0.15, 0.2) is 24.3 Å². The third-order valence-electron chi connectivity index (χ3n) is 6.54. The van der Waals surface area contributed by atoms with Crippen molar-refractivity contribution in [3.8, 4) is 0 Å². The topological polar surface area (TPSA) is 82.0 Å². The molecule has 0 atom stereocenters. The van der Waals surface area contributed by atoms with E-state index in [2.05, 4.69) is 24.3 Å². The Kier molecular flexibility index (Phi) is 6.95. The molecule has 3 rings (SSSR count). The molecule has 8 heteroatoms. The number of likely N-dealkylation sites (N-methyl/N-ethyl adjacent to an activating group) is 1. The van der Waals surface area contributed by atoms with Crippen LogP contribution in [-0.4, -0.2) is 73.1 Å². The van der Waals surface area contributed by atoms with Crippen molar-refractivity contribution in [2.24, 2.45) is 0 Å². The summed E-state index contributed by atoms with van der Waals surface area (Å²) < 4.78 is 0. The number of para-hydroxylation sites is 2. The number of carbonyl (C=O) groups is 1. The molecule has 2 fully saturated rings. The maximum atomic E-state index is 12.8. The number of hydrogen-bond donors (Lipinski definition) is 1. The summed E-state index contributed by atoms with van der Waals surface area (Å²) in [5, 5.41) is 14.5. The van der Waals surface area contributed by atoms with Crippen LogP contribution in [-0.2, 0) is 0 Å². The first kappa shape index (κ1) is 21.4. The van der Waals surface area contributed by atoms with Gasteiger partial charge in [0.2, 0.25) is 0 Å². The Morgan fingerprint density at radius 3 is 2.31 bits per heavy atom. The number of nitrogens with one attached hydrogen (secondary N) is 1. The highest BCUT2D eigenvalue weighted by Gasteiger charge is 2.34. The molecule has 0 spiro atoms. The molecule has 2 aliphatic rings. The summed E-state index contributed by atoms with van der Waals surface area (Å²) in [4.78, 5) is 29.8. The molecule has 1 aromatic rings. The maximum Gasteiger partial charge on any atom is 0.317 e. The van der Waals surface area contributed by atoms with Crippen molar-refractivity contribution in [2.75, 3.05) is 51.7 Å². The summed E-state index contributed by atoms with van der Waals surface area (Å²) in [6.07, 6.45) is 7.21. The van der Waals surface area contributed by atoms with Gasteiger partial charge in [-0.1, -0.05) is 37.8 Å².